The van der Waals surface area contributed by atoms with Crippen molar-refractivity contribution in [3.05, 3.63) is 29.3 Å². The highest BCUT2D eigenvalue weighted by Crippen LogP contribution is 2.42. The monoisotopic (exact) mass is 262 g/mol. The van der Waals surface area contributed by atoms with E-state index in [1.807, 2.05) is 6.07 Å². The molecule has 1 aliphatic carbocycles. The molecule has 106 valence electrons. The SMILES string of the molecule is CCOC1CC(NCc2cc(C)ccc2N)C1(C)C. The zero-order valence-electron chi connectivity index (χ0n) is 12.5. The molecule has 3 N–H and O–H groups in total. The average molecular weight is 262 g/mol. The highest BCUT2D eigenvalue weighted by Gasteiger charge is 2.48. The third kappa shape index (κ3) is 2.93. The van der Waals surface area contributed by atoms with Gasteiger partial charge in [-0.25, -0.2) is 0 Å². The van der Waals surface area contributed by atoms with E-state index in [0.717, 1.165) is 25.3 Å². The van der Waals surface area contributed by atoms with Crippen molar-refractivity contribution >= 4 is 5.69 Å². The number of benzene rings is 1. The van der Waals surface area contributed by atoms with E-state index in [0.29, 0.717) is 12.1 Å². The first-order valence-electron chi connectivity index (χ1n) is 7.15. The Hall–Kier alpha value is -1.06. The lowest BCUT2D eigenvalue weighted by Gasteiger charge is -2.52. The van der Waals surface area contributed by atoms with Crippen molar-refractivity contribution in [2.45, 2.75) is 52.8 Å². The van der Waals surface area contributed by atoms with Gasteiger partial charge in [0.25, 0.3) is 0 Å². The minimum absolute atomic E-state index is 0.203. The van der Waals surface area contributed by atoms with E-state index in [2.05, 4.69) is 45.1 Å². The van der Waals surface area contributed by atoms with Gasteiger partial charge < -0.3 is 15.8 Å². The number of nitrogens with one attached hydrogen (secondary N) is 1. The van der Waals surface area contributed by atoms with Gasteiger partial charge in [-0.3, -0.25) is 0 Å². The molecule has 1 aliphatic rings. The molecule has 19 heavy (non-hydrogen) atoms. The van der Waals surface area contributed by atoms with Gasteiger partial charge in [-0.2, -0.15) is 0 Å². The Balaban J connectivity index is 1.92. The Bertz CT molecular complexity index is 442. The van der Waals surface area contributed by atoms with Gasteiger partial charge in [0.05, 0.1) is 6.10 Å². The van der Waals surface area contributed by atoms with Gasteiger partial charge in [-0.15, -0.1) is 0 Å². The van der Waals surface area contributed by atoms with Gasteiger partial charge >= 0.3 is 0 Å². The number of rotatable bonds is 5. The molecule has 2 rings (SSSR count). The van der Waals surface area contributed by atoms with Crippen LogP contribution < -0.4 is 11.1 Å². The number of hydrogen-bond acceptors (Lipinski definition) is 3. The van der Waals surface area contributed by atoms with Crippen LogP contribution in [0.2, 0.25) is 0 Å². The van der Waals surface area contributed by atoms with Crippen LogP contribution >= 0.6 is 0 Å². The van der Waals surface area contributed by atoms with Gasteiger partial charge in [0.1, 0.15) is 0 Å². The molecule has 1 aromatic rings. The Kier molecular flexibility index (Phi) is 4.16. The summed E-state index contributed by atoms with van der Waals surface area (Å²) < 4.78 is 5.75. The molecule has 0 saturated heterocycles. The molecule has 2 unspecified atom stereocenters. The van der Waals surface area contributed by atoms with Gasteiger partial charge in [0.2, 0.25) is 0 Å². The fourth-order valence-electron chi connectivity index (χ4n) is 2.84. The van der Waals surface area contributed by atoms with E-state index in [-0.39, 0.29) is 5.41 Å². The van der Waals surface area contributed by atoms with E-state index >= 15 is 0 Å². The van der Waals surface area contributed by atoms with E-state index in [1.165, 1.54) is 11.1 Å². The third-order valence-corrected chi connectivity index (χ3v) is 4.38. The number of nitrogens with two attached hydrogens (primary N) is 1. The number of aryl methyl sites for hydroxylation is 1. The Morgan fingerprint density at radius 1 is 1.42 bits per heavy atom. The maximum absolute atomic E-state index is 6.01. The minimum atomic E-state index is 0.203. The zero-order chi connectivity index (χ0) is 14.0. The summed E-state index contributed by atoms with van der Waals surface area (Å²) in [4.78, 5) is 0. The quantitative estimate of drug-likeness (QED) is 0.802. The van der Waals surface area contributed by atoms with Crippen molar-refractivity contribution in [1.82, 2.24) is 5.32 Å². The van der Waals surface area contributed by atoms with Crippen molar-refractivity contribution in [1.29, 1.82) is 0 Å². The minimum Gasteiger partial charge on any atom is -0.398 e. The van der Waals surface area contributed by atoms with Crippen LogP contribution in [-0.2, 0) is 11.3 Å². The molecule has 0 aliphatic heterocycles. The van der Waals surface area contributed by atoms with Crippen molar-refractivity contribution in [3.63, 3.8) is 0 Å². The van der Waals surface area contributed by atoms with E-state index in [1.54, 1.807) is 0 Å². The summed E-state index contributed by atoms with van der Waals surface area (Å²) >= 11 is 0. The summed E-state index contributed by atoms with van der Waals surface area (Å²) in [5.74, 6) is 0. The van der Waals surface area contributed by atoms with Crippen molar-refractivity contribution in [3.8, 4) is 0 Å². The van der Waals surface area contributed by atoms with E-state index in [9.17, 15) is 0 Å². The lowest BCUT2D eigenvalue weighted by molar-refractivity contribution is -0.114. The Morgan fingerprint density at radius 2 is 2.16 bits per heavy atom. The molecule has 3 nitrogen and oxygen atoms in total. The highest BCUT2D eigenvalue weighted by atomic mass is 16.5. The maximum atomic E-state index is 6.01. The van der Waals surface area contributed by atoms with Crippen LogP contribution in [0.15, 0.2) is 18.2 Å². The first-order valence-corrected chi connectivity index (χ1v) is 7.15. The van der Waals surface area contributed by atoms with Crippen LogP contribution in [0.1, 0.15) is 38.3 Å². The normalized spacial score (nSPS) is 25.1. The third-order valence-electron chi connectivity index (χ3n) is 4.38. The molecule has 0 bridgehead atoms. The first kappa shape index (κ1) is 14.4. The molecule has 2 atom stereocenters. The molecule has 0 amide bonds. The molecule has 0 spiro atoms. The summed E-state index contributed by atoms with van der Waals surface area (Å²) in [5.41, 5.74) is 9.53. The second-order valence-corrected chi connectivity index (χ2v) is 6.14. The first-order chi connectivity index (χ1) is 8.95. The summed E-state index contributed by atoms with van der Waals surface area (Å²) in [6.45, 7) is 10.3. The van der Waals surface area contributed by atoms with Crippen LogP contribution in [-0.4, -0.2) is 18.8 Å². The highest BCUT2D eigenvalue weighted by molar-refractivity contribution is 5.48. The van der Waals surface area contributed by atoms with Crippen LogP contribution in [0.25, 0.3) is 0 Å². The fraction of sp³-hybridized carbons (Fsp3) is 0.625. The van der Waals surface area contributed by atoms with Gasteiger partial charge in [0.15, 0.2) is 0 Å². The van der Waals surface area contributed by atoms with Crippen molar-refractivity contribution < 1.29 is 4.74 Å². The lowest BCUT2D eigenvalue weighted by atomic mass is 9.64. The molecular weight excluding hydrogens is 236 g/mol. The standard InChI is InChI=1S/C16H26N2O/c1-5-19-15-9-14(16(15,3)4)18-10-12-8-11(2)6-7-13(12)17/h6-8,14-15,18H,5,9-10,17H2,1-4H3. The maximum Gasteiger partial charge on any atom is 0.0655 e. The molecule has 0 radical (unpaired) electrons. The predicted octanol–water partition coefficient (Wildman–Crippen LogP) is 2.87. The molecular formula is C16H26N2O. The number of nitrogen functional groups attached to an aromatic ring is 1. The second-order valence-electron chi connectivity index (χ2n) is 6.14. The van der Waals surface area contributed by atoms with Crippen LogP contribution in [0.5, 0.6) is 0 Å². The topological polar surface area (TPSA) is 47.3 Å². The Labute approximate surface area is 116 Å². The zero-order valence-corrected chi connectivity index (χ0v) is 12.5. The average Bonchev–Trinajstić information content (AvgIpc) is 2.36. The van der Waals surface area contributed by atoms with Gasteiger partial charge in [-0.1, -0.05) is 31.5 Å². The van der Waals surface area contributed by atoms with E-state index < -0.39 is 0 Å². The smallest absolute Gasteiger partial charge is 0.0655 e. The molecule has 1 aromatic carbocycles. The Morgan fingerprint density at radius 3 is 2.79 bits per heavy atom. The fourth-order valence-corrected chi connectivity index (χ4v) is 2.84. The summed E-state index contributed by atoms with van der Waals surface area (Å²) in [6, 6.07) is 6.70. The van der Waals surface area contributed by atoms with Gasteiger partial charge in [0, 0.05) is 30.3 Å². The second kappa shape index (κ2) is 5.51. The molecule has 0 aromatic heterocycles. The molecule has 1 saturated carbocycles. The number of anilines is 1. The predicted molar refractivity (Wildman–Crippen MR) is 80.0 cm³/mol. The van der Waals surface area contributed by atoms with Gasteiger partial charge in [-0.05, 0) is 31.9 Å². The van der Waals surface area contributed by atoms with Crippen LogP contribution in [0, 0.1) is 12.3 Å². The molecule has 1 fully saturated rings. The van der Waals surface area contributed by atoms with Crippen molar-refractivity contribution in [2.24, 2.45) is 5.41 Å². The summed E-state index contributed by atoms with van der Waals surface area (Å²) in [7, 11) is 0. The van der Waals surface area contributed by atoms with Crippen LogP contribution in [0.3, 0.4) is 0 Å². The summed E-state index contributed by atoms with van der Waals surface area (Å²) in [6.07, 6.45) is 1.47. The van der Waals surface area contributed by atoms with Crippen molar-refractivity contribution in [2.75, 3.05) is 12.3 Å². The number of hydrogen-bond donors (Lipinski definition) is 2. The largest absolute Gasteiger partial charge is 0.398 e. The summed E-state index contributed by atoms with van der Waals surface area (Å²) in [5, 5.41) is 3.62. The van der Waals surface area contributed by atoms with E-state index in [4.69, 9.17) is 10.5 Å². The number of ether oxygens (including phenoxy) is 1. The molecule has 0 heterocycles. The molecule has 3 heteroatoms. The lowest BCUT2D eigenvalue weighted by Crippen LogP contribution is -2.60. The van der Waals surface area contributed by atoms with Crippen LogP contribution in [0.4, 0.5) is 5.69 Å².